The van der Waals surface area contributed by atoms with Crippen LogP contribution in [0.5, 0.6) is 5.75 Å². The summed E-state index contributed by atoms with van der Waals surface area (Å²) in [7, 11) is 1.66. The molecule has 32 heavy (non-hydrogen) atoms. The highest BCUT2D eigenvalue weighted by molar-refractivity contribution is 5.97. The zero-order chi connectivity index (χ0) is 21.9. The van der Waals surface area contributed by atoms with Gasteiger partial charge in [0.2, 0.25) is 0 Å². The van der Waals surface area contributed by atoms with Gasteiger partial charge in [-0.25, -0.2) is 0 Å². The minimum Gasteiger partial charge on any atom is -0.497 e. The standard InChI is InChI=1S/C29H25NO2/c1-32-26-17-11-21(12-18-26)20-30-28(19-25-9-5-6-10-27(25)29(30)31)24-15-13-23(14-16-24)22-7-3-2-4-8-22/h2-18,28H,19-20H2,1H3. The lowest BCUT2D eigenvalue weighted by atomic mass is 9.88. The summed E-state index contributed by atoms with van der Waals surface area (Å²) in [6.45, 7) is 0.558. The quantitative estimate of drug-likeness (QED) is 0.380. The molecule has 4 aromatic rings. The summed E-state index contributed by atoms with van der Waals surface area (Å²) in [5.41, 5.74) is 6.53. The Bertz CT molecular complexity index is 1210. The van der Waals surface area contributed by atoms with Crippen molar-refractivity contribution in [1.82, 2.24) is 4.90 Å². The van der Waals surface area contributed by atoms with Crippen molar-refractivity contribution >= 4 is 5.91 Å². The van der Waals surface area contributed by atoms with Gasteiger partial charge in [-0.15, -0.1) is 0 Å². The molecule has 0 aliphatic carbocycles. The SMILES string of the molecule is COc1ccc(CN2C(=O)c3ccccc3CC2c2ccc(-c3ccccc3)cc2)cc1. The van der Waals surface area contributed by atoms with Gasteiger partial charge in [0.05, 0.1) is 13.2 Å². The number of rotatable bonds is 5. The lowest BCUT2D eigenvalue weighted by molar-refractivity contribution is 0.0629. The third-order valence-corrected chi connectivity index (χ3v) is 6.21. The van der Waals surface area contributed by atoms with Gasteiger partial charge in [0.1, 0.15) is 5.75 Å². The van der Waals surface area contributed by atoms with E-state index < -0.39 is 0 Å². The number of ether oxygens (including phenoxy) is 1. The van der Waals surface area contributed by atoms with Crippen LogP contribution in [-0.4, -0.2) is 17.9 Å². The Morgan fingerprint density at radius 3 is 2.16 bits per heavy atom. The molecular weight excluding hydrogens is 394 g/mol. The first-order valence-corrected chi connectivity index (χ1v) is 10.9. The number of carbonyl (C=O) groups is 1. The molecule has 1 amide bonds. The van der Waals surface area contributed by atoms with E-state index in [-0.39, 0.29) is 11.9 Å². The highest BCUT2D eigenvalue weighted by Gasteiger charge is 2.33. The molecule has 0 saturated carbocycles. The molecule has 3 heteroatoms. The summed E-state index contributed by atoms with van der Waals surface area (Å²) >= 11 is 0. The topological polar surface area (TPSA) is 29.5 Å². The maximum Gasteiger partial charge on any atom is 0.254 e. The van der Waals surface area contributed by atoms with Crippen molar-refractivity contribution in [1.29, 1.82) is 0 Å². The van der Waals surface area contributed by atoms with Crippen molar-refractivity contribution in [3.63, 3.8) is 0 Å². The third kappa shape index (κ3) is 3.90. The van der Waals surface area contributed by atoms with Gasteiger partial charge < -0.3 is 9.64 Å². The molecule has 1 heterocycles. The van der Waals surface area contributed by atoms with Crippen LogP contribution in [0.3, 0.4) is 0 Å². The number of benzene rings is 4. The van der Waals surface area contributed by atoms with Crippen LogP contribution in [0, 0.1) is 0 Å². The molecule has 0 spiro atoms. The second kappa shape index (κ2) is 8.72. The normalized spacial score (nSPS) is 15.3. The lowest BCUT2D eigenvalue weighted by Crippen LogP contribution is -2.39. The molecule has 1 aliphatic rings. The van der Waals surface area contributed by atoms with Gasteiger partial charge in [0.25, 0.3) is 5.91 Å². The molecule has 0 radical (unpaired) electrons. The van der Waals surface area contributed by atoms with Crippen molar-refractivity contribution in [3.8, 4) is 16.9 Å². The van der Waals surface area contributed by atoms with Gasteiger partial charge in [-0.3, -0.25) is 4.79 Å². The zero-order valence-corrected chi connectivity index (χ0v) is 18.1. The van der Waals surface area contributed by atoms with Gasteiger partial charge in [0, 0.05) is 12.1 Å². The smallest absolute Gasteiger partial charge is 0.254 e. The summed E-state index contributed by atoms with van der Waals surface area (Å²) in [5.74, 6) is 0.900. The number of fused-ring (bicyclic) bond motifs is 1. The highest BCUT2D eigenvalue weighted by atomic mass is 16.5. The first kappa shape index (κ1) is 20.1. The molecule has 3 nitrogen and oxygen atoms in total. The zero-order valence-electron chi connectivity index (χ0n) is 18.1. The van der Waals surface area contributed by atoms with E-state index in [0.717, 1.165) is 34.4 Å². The van der Waals surface area contributed by atoms with Crippen LogP contribution in [0.15, 0.2) is 103 Å². The molecule has 0 aromatic heterocycles. The maximum absolute atomic E-state index is 13.5. The van der Waals surface area contributed by atoms with Gasteiger partial charge in [-0.1, -0.05) is 84.9 Å². The van der Waals surface area contributed by atoms with Crippen molar-refractivity contribution in [2.75, 3.05) is 7.11 Å². The summed E-state index contributed by atoms with van der Waals surface area (Å²) in [6.07, 6.45) is 0.808. The van der Waals surface area contributed by atoms with E-state index in [1.54, 1.807) is 7.11 Å². The highest BCUT2D eigenvalue weighted by Crippen LogP contribution is 2.35. The summed E-state index contributed by atoms with van der Waals surface area (Å²) in [5, 5.41) is 0. The van der Waals surface area contributed by atoms with Crippen LogP contribution >= 0.6 is 0 Å². The van der Waals surface area contributed by atoms with Crippen LogP contribution in [-0.2, 0) is 13.0 Å². The molecule has 0 saturated heterocycles. The Hall–Kier alpha value is -3.85. The maximum atomic E-state index is 13.5. The van der Waals surface area contributed by atoms with Gasteiger partial charge >= 0.3 is 0 Å². The number of amides is 1. The van der Waals surface area contributed by atoms with Gasteiger partial charge in [-0.05, 0) is 52.4 Å². The van der Waals surface area contributed by atoms with E-state index in [2.05, 4.69) is 54.6 Å². The van der Waals surface area contributed by atoms with Crippen LogP contribution in [0.25, 0.3) is 11.1 Å². The predicted molar refractivity (Wildman–Crippen MR) is 128 cm³/mol. The lowest BCUT2D eigenvalue weighted by Gasteiger charge is -2.37. The fraction of sp³-hybridized carbons (Fsp3) is 0.138. The fourth-order valence-electron chi connectivity index (χ4n) is 4.46. The van der Waals surface area contributed by atoms with E-state index in [4.69, 9.17) is 4.74 Å². The van der Waals surface area contributed by atoms with E-state index in [0.29, 0.717) is 6.54 Å². The van der Waals surface area contributed by atoms with Crippen LogP contribution in [0.2, 0.25) is 0 Å². The van der Waals surface area contributed by atoms with Crippen molar-refractivity contribution in [3.05, 3.63) is 125 Å². The Morgan fingerprint density at radius 2 is 1.44 bits per heavy atom. The van der Waals surface area contributed by atoms with Crippen molar-refractivity contribution < 1.29 is 9.53 Å². The number of nitrogens with zero attached hydrogens (tertiary/aromatic N) is 1. The second-order valence-electron chi connectivity index (χ2n) is 8.15. The van der Waals surface area contributed by atoms with Gasteiger partial charge in [-0.2, -0.15) is 0 Å². The first-order chi connectivity index (χ1) is 15.7. The van der Waals surface area contributed by atoms with Crippen molar-refractivity contribution in [2.24, 2.45) is 0 Å². The molecule has 0 bridgehead atoms. The molecule has 1 atom stereocenters. The third-order valence-electron chi connectivity index (χ3n) is 6.21. The number of hydrogen-bond donors (Lipinski definition) is 0. The second-order valence-corrected chi connectivity index (χ2v) is 8.15. The largest absolute Gasteiger partial charge is 0.497 e. The molecule has 1 unspecified atom stereocenters. The summed E-state index contributed by atoms with van der Waals surface area (Å²) in [4.78, 5) is 15.5. The molecular formula is C29H25NO2. The van der Waals surface area contributed by atoms with Crippen LogP contribution in [0.1, 0.15) is 33.1 Å². The molecule has 158 valence electrons. The number of methoxy groups -OCH3 is 1. The molecule has 0 fully saturated rings. The molecule has 1 aliphatic heterocycles. The van der Waals surface area contributed by atoms with E-state index in [1.807, 2.05) is 53.4 Å². The molecule has 5 rings (SSSR count). The summed E-state index contributed by atoms with van der Waals surface area (Å²) in [6, 6.07) is 34.9. The Labute approximate surface area is 188 Å². The minimum atomic E-state index is -0.00988. The minimum absolute atomic E-state index is 0.00988. The fourth-order valence-corrected chi connectivity index (χ4v) is 4.46. The number of carbonyl (C=O) groups excluding carboxylic acids is 1. The van der Waals surface area contributed by atoms with E-state index >= 15 is 0 Å². The average Bonchev–Trinajstić information content (AvgIpc) is 2.87. The predicted octanol–water partition coefficient (Wildman–Crippen LogP) is 6.30. The first-order valence-electron chi connectivity index (χ1n) is 10.9. The Morgan fingerprint density at radius 1 is 0.781 bits per heavy atom. The number of hydrogen-bond acceptors (Lipinski definition) is 2. The monoisotopic (exact) mass is 419 g/mol. The van der Waals surface area contributed by atoms with Crippen molar-refractivity contribution in [2.45, 2.75) is 19.0 Å². The molecule has 4 aromatic carbocycles. The van der Waals surface area contributed by atoms with E-state index in [1.165, 1.54) is 11.1 Å². The van der Waals surface area contributed by atoms with Crippen LogP contribution < -0.4 is 4.74 Å². The van der Waals surface area contributed by atoms with E-state index in [9.17, 15) is 4.79 Å². The van der Waals surface area contributed by atoms with Crippen LogP contribution in [0.4, 0.5) is 0 Å². The Balaban J connectivity index is 1.49. The molecule has 0 N–H and O–H groups in total. The van der Waals surface area contributed by atoms with Gasteiger partial charge in [0.15, 0.2) is 0 Å². The Kier molecular flexibility index (Phi) is 5.47. The summed E-state index contributed by atoms with van der Waals surface area (Å²) < 4.78 is 5.28. The average molecular weight is 420 g/mol.